The van der Waals surface area contributed by atoms with Gasteiger partial charge in [0.15, 0.2) is 4.67 Å². The van der Waals surface area contributed by atoms with Gasteiger partial charge in [0.05, 0.1) is 6.10 Å². The number of aliphatic hydroxyl groups is 1. The van der Waals surface area contributed by atoms with Crippen molar-refractivity contribution in [3.63, 3.8) is 0 Å². The Morgan fingerprint density at radius 3 is 2.65 bits per heavy atom. The molecule has 1 aromatic heterocycles. The maximum Gasteiger partial charge on any atom is 0.371 e. The largest absolute Gasteiger partial charge is 0.475 e. The number of hydrogen-bond acceptors (Lipinski definition) is 5. The van der Waals surface area contributed by atoms with Gasteiger partial charge in [0.25, 0.3) is 0 Å². The molecule has 1 aromatic rings. The summed E-state index contributed by atoms with van der Waals surface area (Å²) in [5.74, 6) is -1.86. The highest BCUT2D eigenvalue weighted by atomic mass is 79.9. The molecule has 0 saturated heterocycles. The summed E-state index contributed by atoms with van der Waals surface area (Å²) >= 11 is 2.82. The molecule has 3 N–H and O–H groups in total. The first kappa shape index (κ1) is 14.2. The number of furan rings is 1. The zero-order valence-corrected chi connectivity index (χ0v) is 11.1. The predicted octanol–water partition coefficient (Wildman–Crippen LogP) is 0.399. The molecule has 0 amide bonds. The third-order valence-electron chi connectivity index (χ3n) is 1.72. The van der Waals surface area contributed by atoms with Crippen LogP contribution in [0.2, 0.25) is 0 Å². The molecule has 1 atom stereocenters. The monoisotopic (exact) mass is 327 g/mol. The standard InChI is InChI=1S/C8H10BrNO6S/c1-4(11)3-10-17(14,15)6-2-5(8(12)13)16-7(6)9/h2,4,10-11H,3H2,1H3,(H,12,13)/t4-/m1/s1. The van der Waals surface area contributed by atoms with Crippen LogP contribution in [0.25, 0.3) is 0 Å². The van der Waals surface area contributed by atoms with Crippen molar-refractivity contribution in [1.29, 1.82) is 0 Å². The van der Waals surface area contributed by atoms with Crippen molar-refractivity contribution >= 4 is 31.9 Å². The molecule has 1 rings (SSSR count). The smallest absolute Gasteiger partial charge is 0.371 e. The van der Waals surface area contributed by atoms with Gasteiger partial charge in [-0.15, -0.1) is 0 Å². The van der Waals surface area contributed by atoms with Crippen molar-refractivity contribution < 1.29 is 27.8 Å². The molecule has 0 aliphatic carbocycles. The highest BCUT2D eigenvalue weighted by molar-refractivity contribution is 9.10. The lowest BCUT2D eigenvalue weighted by Gasteiger charge is -2.06. The second kappa shape index (κ2) is 5.17. The summed E-state index contributed by atoms with van der Waals surface area (Å²) in [5.41, 5.74) is 0. The van der Waals surface area contributed by atoms with Crippen LogP contribution in [0.1, 0.15) is 17.5 Å². The Morgan fingerprint density at radius 2 is 2.24 bits per heavy atom. The number of carbonyl (C=O) groups is 1. The number of nitrogens with one attached hydrogen (secondary N) is 1. The van der Waals surface area contributed by atoms with Crippen molar-refractivity contribution in [1.82, 2.24) is 4.72 Å². The molecule has 7 nitrogen and oxygen atoms in total. The van der Waals surface area contributed by atoms with E-state index in [-0.39, 0.29) is 16.1 Å². The molecule has 96 valence electrons. The molecule has 1 heterocycles. The SMILES string of the molecule is C[C@@H](O)CNS(=O)(=O)c1cc(C(=O)O)oc1Br. The second-order valence-electron chi connectivity index (χ2n) is 3.25. The lowest BCUT2D eigenvalue weighted by atomic mass is 10.4. The fraction of sp³-hybridized carbons (Fsp3) is 0.375. The quantitative estimate of drug-likeness (QED) is 0.720. The van der Waals surface area contributed by atoms with Gasteiger partial charge in [-0.25, -0.2) is 17.9 Å². The Kier molecular flexibility index (Phi) is 4.31. The lowest BCUT2D eigenvalue weighted by molar-refractivity contribution is 0.0661. The Morgan fingerprint density at radius 1 is 1.65 bits per heavy atom. The van der Waals surface area contributed by atoms with Crippen molar-refractivity contribution in [2.45, 2.75) is 17.9 Å². The van der Waals surface area contributed by atoms with Crippen molar-refractivity contribution in [2.24, 2.45) is 0 Å². The van der Waals surface area contributed by atoms with Crippen LogP contribution in [-0.2, 0) is 10.0 Å². The minimum atomic E-state index is -3.91. The second-order valence-corrected chi connectivity index (χ2v) is 5.71. The fourth-order valence-electron chi connectivity index (χ4n) is 0.949. The van der Waals surface area contributed by atoms with Gasteiger partial charge in [0, 0.05) is 12.6 Å². The molecule has 0 aliphatic rings. The zero-order valence-electron chi connectivity index (χ0n) is 8.68. The minimum absolute atomic E-state index is 0.178. The van der Waals surface area contributed by atoms with Gasteiger partial charge in [-0.05, 0) is 22.9 Å². The van der Waals surface area contributed by atoms with E-state index in [2.05, 4.69) is 20.7 Å². The first-order chi connectivity index (χ1) is 7.74. The number of hydrogen-bond donors (Lipinski definition) is 3. The molecule has 0 spiro atoms. The van der Waals surface area contributed by atoms with Gasteiger partial charge in [-0.3, -0.25) is 0 Å². The number of carboxylic acid groups (broad SMARTS) is 1. The van der Waals surface area contributed by atoms with E-state index in [0.29, 0.717) is 0 Å². The van der Waals surface area contributed by atoms with Crippen molar-refractivity contribution in [2.75, 3.05) is 6.54 Å². The van der Waals surface area contributed by atoms with Gasteiger partial charge in [0.1, 0.15) is 4.90 Å². The fourth-order valence-corrected chi connectivity index (χ4v) is 3.01. The Labute approximate surface area is 106 Å². The van der Waals surface area contributed by atoms with E-state index in [1.807, 2.05) is 0 Å². The maximum atomic E-state index is 11.7. The summed E-state index contributed by atoms with van der Waals surface area (Å²) in [7, 11) is -3.91. The Bertz CT molecular complexity index is 520. The molecular weight excluding hydrogens is 318 g/mol. The molecular formula is C8H10BrNO6S. The maximum absolute atomic E-state index is 11.7. The average molecular weight is 328 g/mol. The van der Waals surface area contributed by atoms with Crippen LogP contribution in [0.15, 0.2) is 20.0 Å². The summed E-state index contributed by atoms with van der Waals surface area (Å²) in [6.07, 6.45) is -0.852. The summed E-state index contributed by atoms with van der Waals surface area (Å²) in [4.78, 5) is 10.3. The molecule has 0 radical (unpaired) electrons. The molecule has 9 heteroatoms. The van der Waals surface area contributed by atoms with Crippen LogP contribution in [0.4, 0.5) is 0 Å². The summed E-state index contributed by atoms with van der Waals surface area (Å²) in [6, 6.07) is 0.886. The van der Waals surface area contributed by atoms with E-state index >= 15 is 0 Å². The van der Waals surface area contributed by atoms with Gasteiger partial charge in [0.2, 0.25) is 15.8 Å². The van der Waals surface area contributed by atoms with Crippen molar-refractivity contribution in [3.05, 3.63) is 16.5 Å². The molecule has 0 aliphatic heterocycles. The lowest BCUT2D eigenvalue weighted by Crippen LogP contribution is -2.30. The van der Waals surface area contributed by atoms with Crippen LogP contribution in [0.5, 0.6) is 0 Å². The molecule has 0 aromatic carbocycles. The molecule has 0 bridgehead atoms. The third-order valence-corrected chi connectivity index (χ3v) is 4.01. The third kappa shape index (κ3) is 3.53. The first-order valence-corrected chi connectivity index (χ1v) is 6.72. The summed E-state index contributed by atoms with van der Waals surface area (Å²) < 4.78 is 30.0. The number of rotatable bonds is 5. The van der Waals surface area contributed by atoms with E-state index in [1.54, 1.807) is 0 Å². The average Bonchev–Trinajstić information content (AvgIpc) is 2.58. The van der Waals surface area contributed by atoms with Crippen molar-refractivity contribution in [3.8, 4) is 0 Å². The number of aliphatic hydroxyl groups excluding tert-OH is 1. The Hall–Kier alpha value is -0.900. The summed E-state index contributed by atoms with van der Waals surface area (Å²) in [6.45, 7) is 1.23. The molecule has 0 fully saturated rings. The van der Waals surface area contributed by atoms with E-state index in [0.717, 1.165) is 6.07 Å². The number of halogens is 1. The topological polar surface area (TPSA) is 117 Å². The van der Waals surface area contributed by atoms with Crippen LogP contribution in [0.3, 0.4) is 0 Å². The number of aromatic carboxylic acids is 1. The highest BCUT2D eigenvalue weighted by Gasteiger charge is 2.24. The normalized spacial score (nSPS) is 13.6. The van der Waals surface area contributed by atoms with E-state index in [9.17, 15) is 13.2 Å². The van der Waals surface area contributed by atoms with Crippen LogP contribution < -0.4 is 4.72 Å². The minimum Gasteiger partial charge on any atom is -0.475 e. The zero-order chi connectivity index (χ0) is 13.2. The van der Waals surface area contributed by atoms with Gasteiger partial charge < -0.3 is 14.6 Å². The van der Waals surface area contributed by atoms with Gasteiger partial charge in [-0.2, -0.15) is 0 Å². The predicted molar refractivity (Wildman–Crippen MR) is 60.2 cm³/mol. The molecule has 0 saturated carbocycles. The molecule has 0 unspecified atom stereocenters. The first-order valence-electron chi connectivity index (χ1n) is 4.44. The van der Waals surface area contributed by atoms with Gasteiger partial charge >= 0.3 is 5.97 Å². The highest BCUT2D eigenvalue weighted by Crippen LogP contribution is 2.25. The van der Waals surface area contributed by atoms with Crippen LogP contribution >= 0.6 is 15.9 Å². The van der Waals surface area contributed by atoms with Crippen LogP contribution in [0, 0.1) is 0 Å². The number of carboxylic acids is 1. The Balaban J connectivity index is 3.03. The van der Waals surface area contributed by atoms with E-state index in [4.69, 9.17) is 14.6 Å². The van der Waals surface area contributed by atoms with Gasteiger partial charge in [-0.1, -0.05) is 0 Å². The van der Waals surface area contributed by atoms with Crippen LogP contribution in [-0.4, -0.2) is 37.2 Å². The van der Waals surface area contributed by atoms with E-state index in [1.165, 1.54) is 6.92 Å². The van der Waals surface area contributed by atoms with E-state index < -0.39 is 27.9 Å². The number of sulfonamides is 1. The summed E-state index contributed by atoms with van der Waals surface area (Å²) in [5, 5.41) is 17.6. The molecule has 17 heavy (non-hydrogen) atoms.